The lowest BCUT2D eigenvalue weighted by Crippen LogP contribution is -2.15. The average molecular weight is 218 g/mol. The van der Waals surface area contributed by atoms with Crippen molar-refractivity contribution in [2.45, 2.75) is 27.7 Å². The van der Waals surface area contributed by atoms with E-state index in [1.165, 1.54) is 0 Å². The minimum absolute atomic E-state index is 0.0000491. The maximum atomic E-state index is 11.9. The lowest BCUT2D eigenvalue weighted by molar-refractivity contribution is 0.0932. The second-order valence-electron chi connectivity index (χ2n) is 4.21. The first kappa shape index (κ1) is 10.7. The highest BCUT2D eigenvalue weighted by Crippen LogP contribution is 2.12. The van der Waals surface area contributed by atoms with Crippen LogP contribution in [0.1, 0.15) is 35.7 Å². The molecule has 0 N–H and O–H groups in total. The van der Waals surface area contributed by atoms with Crippen LogP contribution >= 0.6 is 0 Å². The van der Waals surface area contributed by atoms with Crippen LogP contribution in [0.5, 0.6) is 0 Å². The van der Waals surface area contributed by atoms with Crippen molar-refractivity contribution in [3.63, 3.8) is 0 Å². The Kier molecular flexibility index (Phi) is 2.46. The lowest BCUT2D eigenvalue weighted by atomic mass is 10.1. The molecule has 2 heterocycles. The second kappa shape index (κ2) is 3.66. The molecule has 0 aromatic carbocycles. The van der Waals surface area contributed by atoms with Gasteiger partial charge in [-0.25, -0.2) is 4.52 Å². The third-order valence-corrected chi connectivity index (χ3v) is 2.48. The molecule has 0 aliphatic carbocycles. The second-order valence-corrected chi connectivity index (χ2v) is 4.21. The minimum Gasteiger partial charge on any atom is -0.292 e. The molecule has 0 unspecified atom stereocenters. The van der Waals surface area contributed by atoms with E-state index in [1.807, 2.05) is 33.8 Å². The minimum atomic E-state index is -0.0814. The van der Waals surface area contributed by atoms with Crippen molar-refractivity contribution in [1.29, 1.82) is 0 Å². The summed E-state index contributed by atoms with van der Waals surface area (Å²) in [6.07, 6.45) is 0. The predicted octanol–water partition coefficient (Wildman–Crippen LogP) is 1.58. The molecule has 5 heteroatoms. The Balaban J connectivity index is 2.64. The van der Waals surface area contributed by atoms with Crippen molar-refractivity contribution in [2.24, 2.45) is 5.92 Å². The zero-order chi connectivity index (χ0) is 11.9. The van der Waals surface area contributed by atoms with Gasteiger partial charge in [0, 0.05) is 12.0 Å². The maximum absolute atomic E-state index is 11.9. The van der Waals surface area contributed by atoms with Crippen molar-refractivity contribution in [1.82, 2.24) is 19.8 Å². The topological polar surface area (TPSA) is 60.2 Å². The predicted molar refractivity (Wildman–Crippen MR) is 59.4 cm³/mol. The zero-order valence-electron chi connectivity index (χ0n) is 9.85. The number of hydrogen-bond donors (Lipinski definition) is 0. The molecule has 0 radical (unpaired) electrons. The highest BCUT2D eigenvalue weighted by molar-refractivity contribution is 5.96. The van der Waals surface area contributed by atoms with Gasteiger partial charge in [0.25, 0.3) is 0 Å². The SMILES string of the molecule is Cc1cc2nnc(C(=O)C(C)C)c(C)n2n1. The molecule has 0 aliphatic heterocycles. The largest absolute Gasteiger partial charge is 0.292 e. The molecule has 16 heavy (non-hydrogen) atoms. The van der Waals surface area contributed by atoms with Crippen LogP contribution in [-0.2, 0) is 0 Å². The van der Waals surface area contributed by atoms with Crippen LogP contribution in [0, 0.1) is 19.8 Å². The Morgan fingerprint density at radius 2 is 2.00 bits per heavy atom. The highest BCUT2D eigenvalue weighted by atomic mass is 16.1. The Labute approximate surface area is 93.5 Å². The van der Waals surface area contributed by atoms with Crippen molar-refractivity contribution < 1.29 is 4.79 Å². The van der Waals surface area contributed by atoms with Gasteiger partial charge in [0.1, 0.15) is 0 Å². The molecular formula is C11H14N4O. The average Bonchev–Trinajstić information content (AvgIpc) is 2.59. The van der Waals surface area contributed by atoms with Crippen molar-refractivity contribution >= 4 is 11.4 Å². The number of hydrogen-bond acceptors (Lipinski definition) is 4. The van der Waals surface area contributed by atoms with E-state index in [2.05, 4.69) is 15.3 Å². The standard InChI is InChI=1S/C11H14N4O/c1-6(2)11(16)10-8(4)15-9(12-13-10)5-7(3)14-15/h5-6H,1-4H3. The Bertz CT molecular complexity index is 556. The van der Waals surface area contributed by atoms with E-state index in [1.54, 1.807) is 4.52 Å². The van der Waals surface area contributed by atoms with Gasteiger partial charge < -0.3 is 0 Å². The van der Waals surface area contributed by atoms with E-state index in [-0.39, 0.29) is 11.7 Å². The monoisotopic (exact) mass is 218 g/mol. The lowest BCUT2D eigenvalue weighted by Gasteiger charge is -2.06. The molecular weight excluding hydrogens is 204 g/mol. The van der Waals surface area contributed by atoms with Crippen molar-refractivity contribution in [3.8, 4) is 0 Å². The fourth-order valence-corrected chi connectivity index (χ4v) is 1.58. The first-order chi connectivity index (χ1) is 7.50. The summed E-state index contributed by atoms with van der Waals surface area (Å²) in [5, 5.41) is 12.3. The van der Waals surface area contributed by atoms with Crippen molar-refractivity contribution in [3.05, 3.63) is 23.1 Å². The number of rotatable bonds is 2. The van der Waals surface area contributed by atoms with Gasteiger partial charge >= 0.3 is 0 Å². The quantitative estimate of drug-likeness (QED) is 0.718. The molecule has 0 fully saturated rings. The maximum Gasteiger partial charge on any atom is 0.187 e. The third-order valence-electron chi connectivity index (χ3n) is 2.48. The van der Waals surface area contributed by atoms with Gasteiger partial charge in [-0.1, -0.05) is 13.8 Å². The van der Waals surface area contributed by atoms with Crippen molar-refractivity contribution in [2.75, 3.05) is 0 Å². The molecule has 0 atom stereocenters. The molecule has 0 bridgehead atoms. The number of aromatic nitrogens is 4. The van der Waals surface area contributed by atoms with E-state index < -0.39 is 0 Å². The molecule has 2 rings (SSSR count). The number of ketones is 1. The zero-order valence-corrected chi connectivity index (χ0v) is 9.85. The Morgan fingerprint density at radius 3 is 2.62 bits per heavy atom. The smallest absolute Gasteiger partial charge is 0.187 e. The van der Waals surface area contributed by atoms with Gasteiger partial charge in [-0.15, -0.1) is 10.2 Å². The fraction of sp³-hybridized carbons (Fsp3) is 0.455. The first-order valence-corrected chi connectivity index (χ1v) is 5.24. The molecule has 0 saturated heterocycles. The molecule has 5 nitrogen and oxygen atoms in total. The Morgan fingerprint density at radius 1 is 1.31 bits per heavy atom. The van der Waals surface area contributed by atoms with Crippen LogP contribution in [0.2, 0.25) is 0 Å². The summed E-state index contributed by atoms with van der Waals surface area (Å²) in [5.41, 5.74) is 2.70. The number of carbonyl (C=O) groups is 1. The third kappa shape index (κ3) is 1.58. The molecule has 2 aromatic rings. The summed E-state index contributed by atoms with van der Waals surface area (Å²) in [4.78, 5) is 11.9. The molecule has 2 aromatic heterocycles. The van der Waals surface area contributed by atoms with Crippen LogP contribution in [0.4, 0.5) is 0 Å². The number of aryl methyl sites for hydroxylation is 2. The van der Waals surface area contributed by atoms with Gasteiger partial charge in [-0.05, 0) is 13.8 Å². The van der Waals surface area contributed by atoms with Gasteiger partial charge in [0.15, 0.2) is 17.1 Å². The fourth-order valence-electron chi connectivity index (χ4n) is 1.58. The van der Waals surface area contributed by atoms with Gasteiger partial charge in [-0.2, -0.15) is 5.10 Å². The van der Waals surface area contributed by atoms with E-state index in [4.69, 9.17) is 0 Å². The molecule has 0 amide bonds. The van der Waals surface area contributed by atoms with E-state index in [0.717, 1.165) is 11.4 Å². The Hall–Kier alpha value is -1.78. The number of fused-ring (bicyclic) bond motifs is 1. The van der Waals surface area contributed by atoms with E-state index in [9.17, 15) is 4.79 Å². The van der Waals surface area contributed by atoms with E-state index in [0.29, 0.717) is 11.3 Å². The molecule has 0 spiro atoms. The normalized spacial score (nSPS) is 11.3. The summed E-state index contributed by atoms with van der Waals surface area (Å²) >= 11 is 0. The number of nitrogens with zero attached hydrogens (tertiary/aromatic N) is 4. The van der Waals surface area contributed by atoms with Crippen LogP contribution in [0.15, 0.2) is 6.07 Å². The number of carbonyl (C=O) groups excluding carboxylic acids is 1. The molecule has 84 valence electrons. The van der Waals surface area contributed by atoms with Crippen LogP contribution in [0.3, 0.4) is 0 Å². The summed E-state index contributed by atoms with van der Waals surface area (Å²) in [6.45, 7) is 7.42. The first-order valence-electron chi connectivity index (χ1n) is 5.24. The van der Waals surface area contributed by atoms with Crippen LogP contribution in [0.25, 0.3) is 5.65 Å². The number of Topliss-reactive ketones (excluding diaryl/α,β-unsaturated/α-hetero) is 1. The molecule has 0 aliphatic rings. The van der Waals surface area contributed by atoms with Gasteiger partial charge in [0.2, 0.25) is 0 Å². The highest BCUT2D eigenvalue weighted by Gasteiger charge is 2.18. The van der Waals surface area contributed by atoms with E-state index >= 15 is 0 Å². The van der Waals surface area contributed by atoms with Crippen LogP contribution < -0.4 is 0 Å². The summed E-state index contributed by atoms with van der Waals surface area (Å²) in [7, 11) is 0. The summed E-state index contributed by atoms with van der Waals surface area (Å²) in [5.74, 6) is -0.0813. The summed E-state index contributed by atoms with van der Waals surface area (Å²) < 4.78 is 1.66. The molecule has 0 saturated carbocycles. The van der Waals surface area contributed by atoms with Crippen LogP contribution in [-0.4, -0.2) is 25.6 Å². The van der Waals surface area contributed by atoms with Gasteiger partial charge in [0.05, 0.1) is 11.4 Å². The summed E-state index contributed by atoms with van der Waals surface area (Å²) in [6, 6.07) is 1.84. The van der Waals surface area contributed by atoms with Gasteiger partial charge in [-0.3, -0.25) is 4.79 Å².